The van der Waals surface area contributed by atoms with Crippen molar-refractivity contribution in [1.29, 1.82) is 0 Å². The lowest BCUT2D eigenvalue weighted by Gasteiger charge is -2.13. The third kappa shape index (κ3) is 3.89. The lowest BCUT2D eigenvalue weighted by molar-refractivity contribution is 0.0217. The van der Waals surface area contributed by atoms with Crippen molar-refractivity contribution >= 4 is 0 Å². The Balaban J connectivity index is 1.99. The molecule has 1 aromatic carbocycles. The number of nitrogens with one attached hydrogen (secondary N) is 1. The molecular formula is C14H21NO3. The summed E-state index contributed by atoms with van der Waals surface area (Å²) < 4.78 is 16.1. The van der Waals surface area contributed by atoms with E-state index in [4.69, 9.17) is 14.2 Å². The van der Waals surface area contributed by atoms with Crippen LogP contribution < -0.4 is 14.8 Å². The van der Waals surface area contributed by atoms with Gasteiger partial charge in [0, 0.05) is 24.8 Å². The van der Waals surface area contributed by atoms with Gasteiger partial charge in [-0.1, -0.05) is 0 Å². The quantitative estimate of drug-likeness (QED) is 0.568. The normalized spacial score (nSPS) is 14.6. The second-order valence-electron chi connectivity index (χ2n) is 4.38. The van der Waals surface area contributed by atoms with Crippen LogP contribution >= 0.6 is 0 Å². The first-order valence-electron chi connectivity index (χ1n) is 6.44. The van der Waals surface area contributed by atoms with Crippen LogP contribution in [0.4, 0.5) is 0 Å². The fourth-order valence-electron chi connectivity index (χ4n) is 1.69. The molecule has 0 spiro atoms. The maximum Gasteiger partial charge on any atom is 0.189 e. The summed E-state index contributed by atoms with van der Waals surface area (Å²) >= 11 is 0. The number of methoxy groups -OCH3 is 1. The highest BCUT2D eigenvalue weighted by molar-refractivity contribution is 5.40. The van der Waals surface area contributed by atoms with Gasteiger partial charge in [0.2, 0.25) is 0 Å². The third-order valence-corrected chi connectivity index (χ3v) is 2.93. The molecule has 0 heterocycles. The Bertz CT molecular complexity index is 377. The highest BCUT2D eigenvalue weighted by Gasteiger charge is 2.20. The minimum Gasteiger partial charge on any atom is -0.497 e. The summed E-state index contributed by atoms with van der Waals surface area (Å²) in [7, 11) is 1.67. The van der Waals surface area contributed by atoms with Crippen molar-refractivity contribution in [3.05, 3.63) is 23.8 Å². The van der Waals surface area contributed by atoms with Gasteiger partial charge in [-0.2, -0.15) is 0 Å². The molecule has 0 bridgehead atoms. The average Bonchev–Trinajstić information content (AvgIpc) is 3.21. The summed E-state index contributed by atoms with van der Waals surface area (Å²) in [6.07, 6.45) is 2.55. The van der Waals surface area contributed by atoms with Crippen molar-refractivity contribution < 1.29 is 14.2 Å². The van der Waals surface area contributed by atoms with Crippen molar-refractivity contribution in [3.63, 3.8) is 0 Å². The lowest BCUT2D eigenvalue weighted by atomic mass is 10.2. The Morgan fingerprint density at radius 3 is 2.83 bits per heavy atom. The van der Waals surface area contributed by atoms with E-state index in [2.05, 4.69) is 5.32 Å². The van der Waals surface area contributed by atoms with Gasteiger partial charge < -0.3 is 19.5 Å². The maximum absolute atomic E-state index is 5.61. The monoisotopic (exact) mass is 251 g/mol. The Morgan fingerprint density at radius 2 is 2.17 bits per heavy atom. The molecule has 1 aliphatic carbocycles. The van der Waals surface area contributed by atoms with E-state index in [1.165, 1.54) is 12.8 Å². The van der Waals surface area contributed by atoms with Crippen molar-refractivity contribution in [1.82, 2.24) is 5.32 Å². The second kappa shape index (κ2) is 6.61. The zero-order valence-corrected chi connectivity index (χ0v) is 11.1. The summed E-state index contributed by atoms with van der Waals surface area (Å²) in [5.41, 5.74) is 1.11. The number of hydrogen-bond donors (Lipinski definition) is 1. The van der Waals surface area contributed by atoms with E-state index in [0.717, 1.165) is 23.6 Å². The second-order valence-corrected chi connectivity index (χ2v) is 4.38. The van der Waals surface area contributed by atoms with E-state index in [-0.39, 0.29) is 0 Å². The largest absolute Gasteiger partial charge is 0.497 e. The molecule has 1 fully saturated rings. The van der Waals surface area contributed by atoms with Crippen LogP contribution in [-0.2, 0) is 11.3 Å². The molecule has 0 aromatic heterocycles. The molecule has 18 heavy (non-hydrogen) atoms. The summed E-state index contributed by atoms with van der Waals surface area (Å²) in [5, 5.41) is 3.48. The van der Waals surface area contributed by atoms with Crippen LogP contribution in [0.2, 0.25) is 0 Å². The van der Waals surface area contributed by atoms with Crippen molar-refractivity contribution in [3.8, 4) is 11.5 Å². The molecule has 100 valence electrons. The Labute approximate surface area is 108 Å². The summed E-state index contributed by atoms with van der Waals surface area (Å²) in [5.74, 6) is 1.71. The van der Waals surface area contributed by atoms with Gasteiger partial charge in [0.1, 0.15) is 11.5 Å². The van der Waals surface area contributed by atoms with Crippen LogP contribution in [-0.4, -0.2) is 26.6 Å². The molecule has 1 saturated carbocycles. The molecule has 0 atom stereocenters. The molecule has 1 aliphatic rings. The maximum atomic E-state index is 5.61. The van der Waals surface area contributed by atoms with Gasteiger partial charge in [-0.3, -0.25) is 0 Å². The van der Waals surface area contributed by atoms with Gasteiger partial charge in [0.25, 0.3) is 0 Å². The van der Waals surface area contributed by atoms with Crippen molar-refractivity contribution in [2.75, 3.05) is 20.5 Å². The zero-order chi connectivity index (χ0) is 12.8. The van der Waals surface area contributed by atoms with Crippen molar-refractivity contribution in [2.24, 2.45) is 0 Å². The minimum atomic E-state index is 0.291. The average molecular weight is 251 g/mol. The molecule has 1 N–H and O–H groups in total. The van der Waals surface area contributed by atoms with Gasteiger partial charge in [0.05, 0.1) is 7.11 Å². The minimum absolute atomic E-state index is 0.291. The Morgan fingerprint density at radius 1 is 1.33 bits per heavy atom. The molecule has 0 amide bonds. The van der Waals surface area contributed by atoms with Crippen molar-refractivity contribution in [2.45, 2.75) is 32.4 Å². The molecule has 4 nitrogen and oxygen atoms in total. The molecule has 0 unspecified atom stereocenters. The van der Waals surface area contributed by atoms with Gasteiger partial charge in [-0.05, 0) is 38.0 Å². The summed E-state index contributed by atoms with van der Waals surface area (Å²) in [4.78, 5) is 0. The lowest BCUT2D eigenvalue weighted by Crippen LogP contribution is -2.16. The van der Waals surface area contributed by atoms with Crippen LogP contribution in [0, 0.1) is 0 Å². The Kier molecular flexibility index (Phi) is 4.84. The fraction of sp³-hybridized carbons (Fsp3) is 0.571. The SMILES string of the molecule is CCOCOc1ccc(OC)cc1CNC1CC1. The van der Waals surface area contributed by atoms with Crippen LogP contribution in [0.1, 0.15) is 25.3 Å². The predicted octanol–water partition coefficient (Wildman–Crippen LogP) is 2.32. The van der Waals surface area contributed by atoms with E-state index in [0.29, 0.717) is 19.4 Å². The number of rotatable bonds is 8. The standard InChI is InChI=1S/C14H21NO3/c1-3-17-10-18-14-7-6-13(16-2)8-11(14)9-15-12-4-5-12/h6-8,12,15H,3-5,9-10H2,1-2H3. The zero-order valence-electron chi connectivity index (χ0n) is 11.1. The van der Waals surface area contributed by atoms with Gasteiger partial charge in [-0.15, -0.1) is 0 Å². The van der Waals surface area contributed by atoms with Crippen LogP contribution in [0.15, 0.2) is 18.2 Å². The molecule has 2 rings (SSSR count). The molecule has 0 radical (unpaired) electrons. The molecule has 0 aliphatic heterocycles. The first-order valence-corrected chi connectivity index (χ1v) is 6.44. The number of ether oxygens (including phenoxy) is 3. The van der Waals surface area contributed by atoms with Crippen LogP contribution in [0.25, 0.3) is 0 Å². The Hall–Kier alpha value is -1.26. The first kappa shape index (κ1) is 13.2. The van der Waals surface area contributed by atoms with Gasteiger partial charge >= 0.3 is 0 Å². The first-order chi connectivity index (χ1) is 8.83. The predicted molar refractivity (Wildman–Crippen MR) is 70.0 cm³/mol. The smallest absolute Gasteiger partial charge is 0.189 e. The van der Waals surface area contributed by atoms with E-state index in [1.807, 2.05) is 25.1 Å². The van der Waals surface area contributed by atoms with E-state index in [1.54, 1.807) is 7.11 Å². The third-order valence-electron chi connectivity index (χ3n) is 2.93. The number of hydrogen-bond acceptors (Lipinski definition) is 4. The van der Waals surface area contributed by atoms with Crippen LogP contribution in [0.3, 0.4) is 0 Å². The molecule has 4 heteroatoms. The summed E-state index contributed by atoms with van der Waals surface area (Å²) in [6.45, 7) is 3.71. The molecule has 0 saturated heterocycles. The van der Waals surface area contributed by atoms with Gasteiger partial charge in [-0.25, -0.2) is 0 Å². The van der Waals surface area contributed by atoms with Crippen LogP contribution in [0.5, 0.6) is 11.5 Å². The van der Waals surface area contributed by atoms with E-state index >= 15 is 0 Å². The highest BCUT2D eigenvalue weighted by Crippen LogP contribution is 2.26. The van der Waals surface area contributed by atoms with E-state index in [9.17, 15) is 0 Å². The van der Waals surface area contributed by atoms with Gasteiger partial charge in [0.15, 0.2) is 6.79 Å². The molecule has 1 aromatic rings. The molecular weight excluding hydrogens is 230 g/mol. The fourth-order valence-corrected chi connectivity index (χ4v) is 1.69. The number of benzene rings is 1. The topological polar surface area (TPSA) is 39.7 Å². The van der Waals surface area contributed by atoms with E-state index < -0.39 is 0 Å². The highest BCUT2D eigenvalue weighted by atomic mass is 16.7. The summed E-state index contributed by atoms with van der Waals surface area (Å²) in [6, 6.07) is 6.52.